The lowest BCUT2D eigenvalue weighted by Gasteiger charge is -2.04. The molecule has 0 amide bonds. The molecule has 0 aliphatic heterocycles. The summed E-state index contributed by atoms with van der Waals surface area (Å²) in [6.07, 6.45) is 0. The van der Waals surface area contributed by atoms with Crippen molar-refractivity contribution in [3.63, 3.8) is 0 Å². The molecule has 0 bridgehead atoms. The van der Waals surface area contributed by atoms with Crippen LogP contribution in [0.25, 0.3) is 5.69 Å². The van der Waals surface area contributed by atoms with Crippen molar-refractivity contribution in [2.45, 2.75) is 0 Å². The molecule has 1 aromatic carbocycles. The summed E-state index contributed by atoms with van der Waals surface area (Å²) in [6, 6.07) is 4.96. The molecule has 0 atom stereocenters. The number of benzene rings is 1. The van der Waals surface area contributed by atoms with Gasteiger partial charge in [0.25, 0.3) is 0 Å². The minimum absolute atomic E-state index is 0.0958. The maximum absolute atomic E-state index is 5.98. The highest BCUT2D eigenvalue weighted by Gasteiger charge is 2.09. The van der Waals surface area contributed by atoms with E-state index in [2.05, 4.69) is 10.1 Å². The summed E-state index contributed by atoms with van der Waals surface area (Å²) >= 11 is 11.7. The van der Waals surface area contributed by atoms with Crippen LogP contribution < -0.4 is 11.5 Å². The van der Waals surface area contributed by atoms with Crippen molar-refractivity contribution in [2.24, 2.45) is 0 Å². The summed E-state index contributed by atoms with van der Waals surface area (Å²) < 4.78 is 1.36. The van der Waals surface area contributed by atoms with Crippen LogP contribution in [0.1, 0.15) is 0 Å². The van der Waals surface area contributed by atoms with Gasteiger partial charge in [0.1, 0.15) is 0 Å². The maximum Gasteiger partial charge on any atom is 0.241 e. The highest BCUT2D eigenvalue weighted by atomic mass is 35.5. The zero-order valence-electron chi connectivity index (χ0n) is 7.48. The second-order valence-corrected chi connectivity index (χ2v) is 3.68. The second kappa shape index (κ2) is 3.60. The Labute approximate surface area is 95.6 Å². The Hall–Kier alpha value is -1.46. The molecule has 0 saturated carbocycles. The predicted octanol–water partition coefficient (Wildman–Crippen LogP) is 1.74. The summed E-state index contributed by atoms with van der Waals surface area (Å²) in [5.41, 5.74) is 11.6. The van der Waals surface area contributed by atoms with Gasteiger partial charge in [0.05, 0.1) is 10.7 Å². The summed E-state index contributed by atoms with van der Waals surface area (Å²) in [6.45, 7) is 0. The van der Waals surface area contributed by atoms with Crippen molar-refractivity contribution < 1.29 is 0 Å². The third-order valence-electron chi connectivity index (χ3n) is 1.79. The molecule has 0 aliphatic rings. The Bertz CT molecular complexity index is 508. The Kier molecular flexibility index (Phi) is 2.42. The van der Waals surface area contributed by atoms with Crippen molar-refractivity contribution in [1.29, 1.82) is 0 Å². The Morgan fingerprint density at radius 1 is 1.20 bits per heavy atom. The van der Waals surface area contributed by atoms with Crippen LogP contribution in [0.4, 0.5) is 11.9 Å². The van der Waals surface area contributed by atoms with E-state index in [1.807, 2.05) is 0 Å². The first-order chi connectivity index (χ1) is 7.08. The third-order valence-corrected chi connectivity index (χ3v) is 2.32. The molecule has 1 heterocycles. The first kappa shape index (κ1) is 10.1. The fourth-order valence-electron chi connectivity index (χ4n) is 1.17. The molecule has 1 aromatic heterocycles. The van der Waals surface area contributed by atoms with Gasteiger partial charge in [-0.1, -0.05) is 23.2 Å². The number of aromatic nitrogens is 3. The van der Waals surface area contributed by atoms with Gasteiger partial charge >= 0.3 is 0 Å². The van der Waals surface area contributed by atoms with Gasteiger partial charge in [-0.3, -0.25) is 0 Å². The normalized spacial score (nSPS) is 10.5. The monoisotopic (exact) mass is 243 g/mol. The molecule has 5 nitrogen and oxygen atoms in total. The number of nitrogen functional groups attached to an aromatic ring is 2. The molecule has 7 heteroatoms. The van der Waals surface area contributed by atoms with Crippen LogP contribution >= 0.6 is 23.2 Å². The standard InChI is InChI=1S/C8H7Cl2N5/c9-4-1-2-6(5(10)3-4)15-8(12)13-7(11)14-15/h1-3H,(H4,11,12,13,14). The minimum Gasteiger partial charge on any atom is -0.368 e. The van der Waals surface area contributed by atoms with Gasteiger partial charge in [0.15, 0.2) is 0 Å². The van der Waals surface area contributed by atoms with Crippen LogP contribution in [0.5, 0.6) is 0 Å². The van der Waals surface area contributed by atoms with Crippen LogP contribution in [0, 0.1) is 0 Å². The zero-order chi connectivity index (χ0) is 11.0. The second-order valence-electron chi connectivity index (χ2n) is 2.84. The SMILES string of the molecule is Nc1nc(N)n(-c2ccc(Cl)cc2Cl)n1. The molecule has 4 N–H and O–H groups in total. The smallest absolute Gasteiger partial charge is 0.241 e. The van der Waals surface area contributed by atoms with Crippen molar-refractivity contribution in [3.8, 4) is 5.69 Å². The highest BCUT2D eigenvalue weighted by Crippen LogP contribution is 2.25. The van der Waals surface area contributed by atoms with Crippen molar-refractivity contribution >= 4 is 35.1 Å². The van der Waals surface area contributed by atoms with Crippen LogP contribution in [0.3, 0.4) is 0 Å². The number of hydrogen-bond donors (Lipinski definition) is 2. The van der Waals surface area contributed by atoms with Crippen LogP contribution in [0.2, 0.25) is 10.0 Å². The van der Waals surface area contributed by atoms with E-state index in [1.54, 1.807) is 18.2 Å². The van der Waals surface area contributed by atoms with E-state index < -0.39 is 0 Å². The average molecular weight is 244 g/mol. The van der Waals surface area contributed by atoms with Crippen molar-refractivity contribution in [1.82, 2.24) is 14.8 Å². The molecule has 2 aromatic rings. The molecule has 78 valence electrons. The van der Waals surface area contributed by atoms with Gasteiger partial charge in [0.2, 0.25) is 11.9 Å². The van der Waals surface area contributed by atoms with E-state index in [9.17, 15) is 0 Å². The number of nitrogens with two attached hydrogens (primary N) is 2. The Morgan fingerprint density at radius 3 is 2.47 bits per heavy atom. The van der Waals surface area contributed by atoms with E-state index in [0.29, 0.717) is 15.7 Å². The van der Waals surface area contributed by atoms with Gasteiger partial charge in [-0.25, -0.2) is 0 Å². The molecule has 15 heavy (non-hydrogen) atoms. The summed E-state index contributed by atoms with van der Waals surface area (Å²) in [5.74, 6) is 0.273. The molecule has 0 unspecified atom stereocenters. The highest BCUT2D eigenvalue weighted by molar-refractivity contribution is 6.35. The zero-order valence-corrected chi connectivity index (χ0v) is 9.00. The molecular formula is C8H7Cl2N5. The van der Waals surface area contributed by atoms with Crippen LogP contribution in [-0.2, 0) is 0 Å². The maximum atomic E-state index is 5.98. The summed E-state index contributed by atoms with van der Waals surface area (Å²) in [4.78, 5) is 3.77. The lowest BCUT2D eigenvalue weighted by atomic mass is 10.3. The molecule has 0 spiro atoms. The van der Waals surface area contributed by atoms with Crippen LogP contribution in [0.15, 0.2) is 18.2 Å². The molecular weight excluding hydrogens is 237 g/mol. The molecule has 0 radical (unpaired) electrons. The van der Waals surface area contributed by atoms with E-state index in [-0.39, 0.29) is 11.9 Å². The summed E-state index contributed by atoms with van der Waals surface area (Å²) in [7, 11) is 0. The van der Waals surface area contributed by atoms with Gasteiger partial charge in [-0.15, -0.1) is 5.10 Å². The fourth-order valence-corrected chi connectivity index (χ4v) is 1.66. The first-order valence-corrected chi connectivity index (χ1v) is 4.77. The molecule has 0 aliphatic carbocycles. The predicted molar refractivity (Wildman–Crippen MR) is 60.2 cm³/mol. The largest absolute Gasteiger partial charge is 0.368 e. The number of nitrogens with zero attached hydrogens (tertiary/aromatic N) is 3. The van der Waals surface area contributed by atoms with Gasteiger partial charge in [-0.05, 0) is 18.2 Å². The van der Waals surface area contributed by atoms with Gasteiger partial charge in [-0.2, -0.15) is 9.67 Å². The van der Waals surface area contributed by atoms with Gasteiger partial charge < -0.3 is 11.5 Å². The summed E-state index contributed by atoms with van der Waals surface area (Å²) in [5, 5.41) is 4.87. The topological polar surface area (TPSA) is 82.7 Å². The first-order valence-electron chi connectivity index (χ1n) is 4.01. The Morgan fingerprint density at radius 2 is 1.93 bits per heavy atom. The third kappa shape index (κ3) is 1.84. The Balaban J connectivity index is 2.59. The van der Waals surface area contributed by atoms with Crippen molar-refractivity contribution in [2.75, 3.05) is 11.5 Å². The number of anilines is 2. The van der Waals surface area contributed by atoms with Crippen molar-refractivity contribution in [3.05, 3.63) is 28.2 Å². The number of halogens is 2. The lowest BCUT2D eigenvalue weighted by Crippen LogP contribution is -2.03. The van der Waals surface area contributed by atoms with E-state index in [1.165, 1.54) is 4.68 Å². The molecule has 0 fully saturated rings. The minimum atomic E-state index is 0.0958. The molecule has 2 rings (SSSR count). The fraction of sp³-hybridized carbons (Fsp3) is 0. The quantitative estimate of drug-likeness (QED) is 0.800. The van der Waals surface area contributed by atoms with E-state index >= 15 is 0 Å². The molecule has 0 saturated heterocycles. The average Bonchev–Trinajstić information content (AvgIpc) is 2.45. The number of rotatable bonds is 1. The van der Waals surface area contributed by atoms with E-state index in [0.717, 1.165) is 0 Å². The lowest BCUT2D eigenvalue weighted by molar-refractivity contribution is 0.896. The number of hydrogen-bond acceptors (Lipinski definition) is 4. The van der Waals surface area contributed by atoms with Gasteiger partial charge in [0, 0.05) is 5.02 Å². The van der Waals surface area contributed by atoms with E-state index in [4.69, 9.17) is 34.7 Å². The van der Waals surface area contributed by atoms with Crippen LogP contribution in [-0.4, -0.2) is 14.8 Å².